The van der Waals surface area contributed by atoms with Gasteiger partial charge in [-0.05, 0) is 49.7 Å². The summed E-state index contributed by atoms with van der Waals surface area (Å²) in [5.41, 5.74) is 0. The molecule has 0 amide bonds. The van der Waals surface area contributed by atoms with E-state index in [1.165, 1.54) is 12.1 Å². The molecule has 2 unspecified atom stereocenters. The third kappa shape index (κ3) is 3.07. The van der Waals surface area contributed by atoms with Gasteiger partial charge in [-0.2, -0.15) is 0 Å². The van der Waals surface area contributed by atoms with Gasteiger partial charge in [0, 0.05) is 6.04 Å². The number of nitrogens with one attached hydrogen (secondary N) is 2. The monoisotopic (exact) mass is 272 g/mol. The molecule has 0 spiro atoms. The Morgan fingerprint density at radius 2 is 2.00 bits per heavy atom. The average Bonchev–Trinajstić information content (AvgIpc) is 2.32. The van der Waals surface area contributed by atoms with Crippen LogP contribution in [0.4, 0.5) is 4.39 Å². The van der Waals surface area contributed by atoms with E-state index in [1.54, 1.807) is 0 Å². The van der Waals surface area contributed by atoms with Gasteiger partial charge in [-0.25, -0.2) is 17.5 Å². The van der Waals surface area contributed by atoms with Gasteiger partial charge < -0.3 is 5.32 Å². The van der Waals surface area contributed by atoms with E-state index >= 15 is 0 Å². The van der Waals surface area contributed by atoms with Crippen LogP contribution in [0, 0.1) is 11.7 Å². The molecular weight excluding hydrogens is 255 g/mol. The minimum Gasteiger partial charge on any atom is -0.316 e. The fraction of sp³-hybridized carbons (Fsp3) is 0.500. The van der Waals surface area contributed by atoms with Crippen LogP contribution in [0.15, 0.2) is 29.2 Å². The summed E-state index contributed by atoms with van der Waals surface area (Å²) in [5.74, 6) is -0.196. The summed E-state index contributed by atoms with van der Waals surface area (Å²) in [6, 6.07) is 4.80. The van der Waals surface area contributed by atoms with Crippen LogP contribution in [-0.2, 0) is 10.0 Å². The third-order valence-electron chi connectivity index (χ3n) is 3.22. The number of rotatable bonds is 3. The summed E-state index contributed by atoms with van der Waals surface area (Å²) in [5, 5.41) is 3.21. The first-order valence-electron chi connectivity index (χ1n) is 5.97. The predicted molar refractivity (Wildman–Crippen MR) is 67.2 cm³/mol. The Hall–Kier alpha value is -0.980. The summed E-state index contributed by atoms with van der Waals surface area (Å²) in [7, 11) is -3.55. The van der Waals surface area contributed by atoms with Gasteiger partial charge in [-0.1, -0.05) is 6.92 Å². The molecule has 2 atom stereocenters. The fourth-order valence-corrected chi connectivity index (χ4v) is 3.45. The average molecular weight is 272 g/mol. The highest BCUT2D eigenvalue weighted by atomic mass is 32.2. The molecule has 2 N–H and O–H groups in total. The van der Waals surface area contributed by atoms with Crippen molar-refractivity contribution in [2.24, 2.45) is 5.92 Å². The summed E-state index contributed by atoms with van der Waals surface area (Å²) in [6.45, 7) is 3.61. The maximum Gasteiger partial charge on any atom is 0.240 e. The largest absolute Gasteiger partial charge is 0.316 e. The maximum atomic E-state index is 12.8. The lowest BCUT2D eigenvalue weighted by molar-refractivity contribution is 0.328. The second-order valence-corrected chi connectivity index (χ2v) is 6.37. The molecule has 18 heavy (non-hydrogen) atoms. The minimum atomic E-state index is -3.55. The molecule has 1 aliphatic heterocycles. The van der Waals surface area contributed by atoms with Crippen molar-refractivity contribution in [1.29, 1.82) is 0 Å². The van der Waals surface area contributed by atoms with E-state index in [-0.39, 0.29) is 16.9 Å². The lowest BCUT2D eigenvalue weighted by Gasteiger charge is -2.29. The molecular formula is C12H17FN2O2S. The lowest BCUT2D eigenvalue weighted by Crippen LogP contribution is -2.48. The third-order valence-corrected chi connectivity index (χ3v) is 4.72. The smallest absolute Gasteiger partial charge is 0.240 e. The van der Waals surface area contributed by atoms with Crippen molar-refractivity contribution < 1.29 is 12.8 Å². The molecule has 0 aliphatic carbocycles. The van der Waals surface area contributed by atoms with E-state index in [9.17, 15) is 12.8 Å². The molecule has 2 rings (SSSR count). The van der Waals surface area contributed by atoms with E-state index in [0.717, 1.165) is 31.6 Å². The fourth-order valence-electron chi connectivity index (χ4n) is 2.07. The van der Waals surface area contributed by atoms with Gasteiger partial charge in [0.15, 0.2) is 0 Å². The van der Waals surface area contributed by atoms with Gasteiger partial charge in [-0.15, -0.1) is 0 Å². The van der Waals surface area contributed by atoms with E-state index < -0.39 is 15.8 Å². The first kappa shape index (κ1) is 13.5. The van der Waals surface area contributed by atoms with E-state index in [4.69, 9.17) is 0 Å². The standard InChI is InChI=1S/C12H17FN2O2S/c1-9-8-14-7-6-12(9)15-18(16,17)11-4-2-10(13)3-5-11/h2-5,9,12,14-15H,6-8H2,1H3. The van der Waals surface area contributed by atoms with Crippen molar-refractivity contribution in [3.05, 3.63) is 30.1 Å². The highest BCUT2D eigenvalue weighted by molar-refractivity contribution is 7.89. The molecule has 1 heterocycles. The van der Waals surface area contributed by atoms with Crippen LogP contribution in [-0.4, -0.2) is 27.5 Å². The molecule has 100 valence electrons. The van der Waals surface area contributed by atoms with Crippen LogP contribution in [0.5, 0.6) is 0 Å². The molecule has 1 aromatic carbocycles. The zero-order valence-corrected chi connectivity index (χ0v) is 11.0. The summed E-state index contributed by atoms with van der Waals surface area (Å²) in [6.07, 6.45) is 0.765. The molecule has 0 bridgehead atoms. The van der Waals surface area contributed by atoms with Gasteiger partial charge >= 0.3 is 0 Å². The Bertz CT molecular complexity index is 501. The summed E-state index contributed by atoms with van der Waals surface area (Å²) >= 11 is 0. The van der Waals surface area contributed by atoms with Crippen molar-refractivity contribution in [2.75, 3.05) is 13.1 Å². The van der Waals surface area contributed by atoms with Crippen molar-refractivity contribution >= 4 is 10.0 Å². The molecule has 4 nitrogen and oxygen atoms in total. The predicted octanol–water partition coefficient (Wildman–Crippen LogP) is 1.10. The van der Waals surface area contributed by atoms with Crippen LogP contribution in [0.1, 0.15) is 13.3 Å². The Kier molecular flexibility index (Phi) is 3.99. The Morgan fingerprint density at radius 3 is 2.61 bits per heavy atom. The van der Waals surface area contributed by atoms with Gasteiger partial charge in [0.05, 0.1) is 4.90 Å². The lowest BCUT2D eigenvalue weighted by atomic mass is 9.97. The minimum absolute atomic E-state index is 0.0682. The molecule has 1 saturated heterocycles. The van der Waals surface area contributed by atoms with E-state index in [2.05, 4.69) is 10.0 Å². The highest BCUT2D eigenvalue weighted by Crippen LogP contribution is 2.15. The van der Waals surface area contributed by atoms with Crippen LogP contribution < -0.4 is 10.0 Å². The number of halogens is 1. The maximum absolute atomic E-state index is 12.8. The topological polar surface area (TPSA) is 58.2 Å². The molecule has 1 aliphatic rings. The molecule has 6 heteroatoms. The summed E-state index contributed by atoms with van der Waals surface area (Å²) in [4.78, 5) is 0.106. The molecule has 1 fully saturated rings. The number of hydrogen-bond acceptors (Lipinski definition) is 3. The van der Waals surface area contributed by atoms with Gasteiger partial charge in [0.1, 0.15) is 5.82 Å². The van der Waals surface area contributed by atoms with E-state index in [0.29, 0.717) is 0 Å². The second-order valence-electron chi connectivity index (χ2n) is 4.65. The number of piperidine rings is 1. The number of hydrogen-bond donors (Lipinski definition) is 2. The SMILES string of the molecule is CC1CNCCC1NS(=O)(=O)c1ccc(F)cc1. The van der Waals surface area contributed by atoms with Crippen LogP contribution >= 0.6 is 0 Å². The Balaban J connectivity index is 2.13. The molecule has 0 radical (unpaired) electrons. The Morgan fingerprint density at radius 1 is 1.33 bits per heavy atom. The van der Waals surface area contributed by atoms with Crippen molar-refractivity contribution in [1.82, 2.24) is 10.0 Å². The first-order chi connectivity index (χ1) is 8.49. The number of sulfonamides is 1. The molecule has 0 aromatic heterocycles. The van der Waals surface area contributed by atoms with Gasteiger partial charge in [0.25, 0.3) is 0 Å². The molecule has 0 saturated carbocycles. The van der Waals surface area contributed by atoms with Crippen molar-refractivity contribution in [3.8, 4) is 0 Å². The van der Waals surface area contributed by atoms with Crippen molar-refractivity contribution in [3.63, 3.8) is 0 Å². The van der Waals surface area contributed by atoms with Crippen LogP contribution in [0.25, 0.3) is 0 Å². The highest BCUT2D eigenvalue weighted by Gasteiger charge is 2.26. The van der Waals surface area contributed by atoms with Crippen LogP contribution in [0.2, 0.25) is 0 Å². The summed E-state index contributed by atoms with van der Waals surface area (Å²) < 4.78 is 39.7. The number of benzene rings is 1. The zero-order chi connectivity index (χ0) is 13.2. The zero-order valence-electron chi connectivity index (χ0n) is 10.2. The normalized spacial score (nSPS) is 25.0. The van der Waals surface area contributed by atoms with Gasteiger partial charge in [-0.3, -0.25) is 0 Å². The second kappa shape index (κ2) is 5.34. The molecule has 1 aromatic rings. The first-order valence-corrected chi connectivity index (χ1v) is 7.46. The van der Waals surface area contributed by atoms with Gasteiger partial charge in [0.2, 0.25) is 10.0 Å². The van der Waals surface area contributed by atoms with Crippen LogP contribution in [0.3, 0.4) is 0 Å². The van der Waals surface area contributed by atoms with Crippen molar-refractivity contribution in [2.45, 2.75) is 24.3 Å². The van der Waals surface area contributed by atoms with E-state index in [1.807, 2.05) is 6.92 Å². The quantitative estimate of drug-likeness (QED) is 0.866. The Labute approximate surface area is 107 Å².